The minimum Gasteiger partial charge on any atom is -0.343 e. The van der Waals surface area contributed by atoms with E-state index in [4.69, 9.17) is 0 Å². The molecule has 3 amide bonds. The van der Waals surface area contributed by atoms with Crippen LogP contribution in [-0.4, -0.2) is 42.3 Å². The first-order chi connectivity index (χ1) is 13.5. The molecule has 2 N–H and O–H groups in total. The molecule has 28 heavy (non-hydrogen) atoms. The molecule has 0 unspecified atom stereocenters. The van der Waals surface area contributed by atoms with Crippen LogP contribution in [0.2, 0.25) is 0 Å². The average Bonchev–Trinajstić information content (AvgIpc) is 2.72. The predicted molar refractivity (Wildman–Crippen MR) is 108 cm³/mol. The van der Waals surface area contributed by atoms with Gasteiger partial charge in [-0.15, -0.1) is 0 Å². The van der Waals surface area contributed by atoms with E-state index in [9.17, 15) is 14.4 Å². The number of amides is 3. The number of para-hydroxylation sites is 1. The molecule has 0 spiro atoms. The predicted octanol–water partition coefficient (Wildman–Crippen LogP) is 2.60. The molecule has 0 bridgehead atoms. The number of nitrogens with zero attached hydrogens (tertiary/aromatic N) is 1. The van der Waals surface area contributed by atoms with E-state index in [1.807, 2.05) is 49.4 Å². The van der Waals surface area contributed by atoms with E-state index in [2.05, 4.69) is 10.6 Å². The fourth-order valence-electron chi connectivity index (χ4n) is 3.31. The third-order valence-corrected chi connectivity index (χ3v) is 4.94. The Hall–Kier alpha value is -3.15. The molecule has 3 rings (SSSR count). The van der Waals surface area contributed by atoms with Gasteiger partial charge in [-0.05, 0) is 44.0 Å². The largest absolute Gasteiger partial charge is 0.343 e. The molecule has 146 valence electrons. The van der Waals surface area contributed by atoms with Crippen molar-refractivity contribution in [3.63, 3.8) is 0 Å². The van der Waals surface area contributed by atoms with Gasteiger partial charge in [-0.2, -0.15) is 0 Å². The summed E-state index contributed by atoms with van der Waals surface area (Å²) in [7, 11) is 0. The molecule has 6 nitrogen and oxygen atoms in total. The van der Waals surface area contributed by atoms with Crippen molar-refractivity contribution in [3.8, 4) is 0 Å². The second kappa shape index (κ2) is 9.17. The quantitative estimate of drug-likeness (QED) is 0.838. The summed E-state index contributed by atoms with van der Waals surface area (Å²) in [6.07, 6.45) is 1.24. The fraction of sp³-hybridized carbons (Fsp3) is 0.318. The van der Waals surface area contributed by atoms with E-state index in [0.29, 0.717) is 31.5 Å². The number of rotatable bonds is 5. The summed E-state index contributed by atoms with van der Waals surface area (Å²) in [6.45, 7) is 2.92. The maximum Gasteiger partial charge on any atom is 0.251 e. The van der Waals surface area contributed by atoms with Crippen LogP contribution in [0, 0.1) is 12.8 Å². The van der Waals surface area contributed by atoms with Crippen molar-refractivity contribution in [2.24, 2.45) is 5.92 Å². The molecule has 1 aliphatic heterocycles. The number of likely N-dealkylation sites (tertiary alicyclic amines) is 1. The Morgan fingerprint density at radius 1 is 1.00 bits per heavy atom. The van der Waals surface area contributed by atoms with Gasteiger partial charge in [0, 0.05) is 30.3 Å². The summed E-state index contributed by atoms with van der Waals surface area (Å²) in [5, 5.41) is 5.60. The van der Waals surface area contributed by atoms with Crippen molar-refractivity contribution in [2.45, 2.75) is 19.8 Å². The minimum atomic E-state index is -0.255. The van der Waals surface area contributed by atoms with Crippen molar-refractivity contribution in [1.82, 2.24) is 10.2 Å². The Labute approximate surface area is 164 Å². The van der Waals surface area contributed by atoms with E-state index < -0.39 is 0 Å². The molecule has 1 heterocycles. The molecule has 0 atom stereocenters. The van der Waals surface area contributed by atoms with Crippen molar-refractivity contribution in [1.29, 1.82) is 0 Å². The molecule has 0 aromatic heterocycles. The second-order valence-electron chi connectivity index (χ2n) is 7.06. The van der Waals surface area contributed by atoms with Crippen LogP contribution in [0.1, 0.15) is 28.8 Å². The topological polar surface area (TPSA) is 78.5 Å². The molecule has 6 heteroatoms. The zero-order valence-corrected chi connectivity index (χ0v) is 16.0. The van der Waals surface area contributed by atoms with Crippen molar-refractivity contribution in [3.05, 3.63) is 65.7 Å². The summed E-state index contributed by atoms with van der Waals surface area (Å²) in [5.74, 6) is -0.491. The lowest BCUT2D eigenvalue weighted by Crippen LogP contribution is -2.45. The molecule has 2 aromatic carbocycles. The van der Waals surface area contributed by atoms with Gasteiger partial charge in [-0.1, -0.05) is 35.9 Å². The maximum atomic E-state index is 12.4. The van der Waals surface area contributed by atoms with Crippen LogP contribution in [0.4, 0.5) is 5.69 Å². The van der Waals surface area contributed by atoms with Gasteiger partial charge in [0.2, 0.25) is 11.8 Å². The van der Waals surface area contributed by atoms with Crippen molar-refractivity contribution in [2.75, 3.05) is 25.0 Å². The highest BCUT2D eigenvalue weighted by Gasteiger charge is 2.27. The SMILES string of the molecule is Cc1cccc(C(=O)NCC(=O)N2CCC(C(=O)Nc3ccccc3)CC2)c1. The Morgan fingerprint density at radius 3 is 2.39 bits per heavy atom. The first kappa shape index (κ1) is 19.6. The molecule has 0 saturated carbocycles. The fourth-order valence-corrected chi connectivity index (χ4v) is 3.31. The van der Waals surface area contributed by atoms with Crippen LogP contribution < -0.4 is 10.6 Å². The molecular formula is C22H25N3O3. The maximum absolute atomic E-state index is 12.4. The minimum absolute atomic E-state index is 0.00829. The summed E-state index contributed by atoms with van der Waals surface area (Å²) in [5.41, 5.74) is 2.32. The normalized spacial score (nSPS) is 14.4. The number of benzene rings is 2. The van der Waals surface area contributed by atoms with E-state index >= 15 is 0 Å². The van der Waals surface area contributed by atoms with E-state index in [1.165, 1.54) is 0 Å². The first-order valence-corrected chi connectivity index (χ1v) is 9.51. The van der Waals surface area contributed by atoms with Crippen LogP contribution in [0.5, 0.6) is 0 Å². The lowest BCUT2D eigenvalue weighted by Gasteiger charge is -2.31. The van der Waals surface area contributed by atoms with E-state index in [1.54, 1.807) is 17.0 Å². The summed E-state index contributed by atoms with van der Waals surface area (Å²) in [6, 6.07) is 16.6. The zero-order valence-electron chi connectivity index (χ0n) is 16.0. The Bertz CT molecular complexity index is 843. The third-order valence-electron chi connectivity index (χ3n) is 4.94. The Balaban J connectivity index is 1.43. The van der Waals surface area contributed by atoms with E-state index in [-0.39, 0.29) is 30.2 Å². The lowest BCUT2D eigenvalue weighted by atomic mass is 9.95. The van der Waals surface area contributed by atoms with Gasteiger partial charge in [0.15, 0.2) is 0 Å². The standard InChI is InChI=1S/C22H25N3O3/c1-16-6-5-7-18(14-16)21(27)23-15-20(26)25-12-10-17(11-13-25)22(28)24-19-8-3-2-4-9-19/h2-9,14,17H,10-13,15H2,1H3,(H,23,27)(H,24,28). The second-order valence-corrected chi connectivity index (χ2v) is 7.06. The van der Waals surface area contributed by atoms with Gasteiger partial charge < -0.3 is 15.5 Å². The van der Waals surface area contributed by atoms with Gasteiger partial charge in [0.25, 0.3) is 5.91 Å². The van der Waals surface area contributed by atoms with Crippen LogP contribution >= 0.6 is 0 Å². The first-order valence-electron chi connectivity index (χ1n) is 9.51. The highest BCUT2D eigenvalue weighted by atomic mass is 16.2. The van der Waals surface area contributed by atoms with Gasteiger partial charge >= 0.3 is 0 Å². The molecule has 2 aromatic rings. The number of carbonyl (C=O) groups excluding carboxylic acids is 3. The number of hydrogen-bond acceptors (Lipinski definition) is 3. The van der Waals surface area contributed by atoms with Gasteiger partial charge in [0.05, 0.1) is 6.54 Å². The van der Waals surface area contributed by atoms with Gasteiger partial charge in [0.1, 0.15) is 0 Å². The number of hydrogen-bond donors (Lipinski definition) is 2. The Kier molecular flexibility index (Phi) is 6.42. The van der Waals surface area contributed by atoms with Gasteiger partial charge in [-0.3, -0.25) is 14.4 Å². The summed E-state index contributed by atoms with van der Waals surface area (Å²) < 4.78 is 0. The number of anilines is 1. The van der Waals surface area contributed by atoms with Crippen molar-refractivity contribution >= 4 is 23.4 Å². The zero-order chi connectivity index (χ0) is 19.9. The highest BCUT2D eigenvalue weighted by Crippen LogP contribution is 2.19. The van der Waals surface area contributed by atoms with Crippen LogP contribution in [0.25, 0.3) is 0 Å². The molecule has 1 fully saturated rings. The van der Waals surface area contributed by atoms with Crippen molar-refractivity contribution < 1.29 is 14.4 Å². The molecular weight excluding hydrogens is 354 g/mol. The van der Waals surface area contributed by atoms with Crippen LogP contribution in [0.15, 0.2) is 54.6 Å². The third kappa shape index (κ3) is 5.19. The number of piperidine rings is 1. The average molecular weight is 379 g/mol. The van der Waals surface area contributed by atoms with Gasteiger partial charge in [-0.25, -0.2) is 0 Å². The number of carbonyl (C=O) groups is 3. The molecule has 1 aliphatic rings. The monoisotopic (exact) mass is 379 g/mol. The number of nitrogens with one attached hydrogen (secondary N) is 2. The summed E-state index contributed by atoms with van der Waals surface area (Å²) >= 11 is 0. The van der Waals surface area contributed by atoms with E-state index in [0.717, 1.165) is 11.3 Å². The Morgan fingerprint density at radius 2 is 1.71 bits per heavy atom. The highest BCUT2D eigenvalue weighted by molar-refractivity contribution is 5.96. The van der Waals surface area contributed by atoms with Crippen LogP contribution in [-0.2, 0) is 9.59 Å². The summed E-state index contributed by atoms with van der Waals surface area (Å²) in [4.78, 5) is 38.6. The smallest absolute Gasteiger partial charge is 0.251 e. The van der Waals surface area contributed by atoms with Crippen LogP contribution in [0.3, 0.4) is 0 Å². The number of aryl methyl sites for hydroxylation is 1. The molecule has 0 aliphatic carbocycles. The lowest BCUT2D eigenvalue weighted by molar-refractivity contribution is -0.133. The molecule has 1 saturated heterocycles. The molecule has 0 radical (unpaired) electrons.